The van der Waals surface area contributed by atoms with Gasteiger partial charge in [0.25, 0.3) is 0 Å². The molecule has 1 rings (SSSR count). The quantitative estimate of drug-likeness (QED) is 0.742. The average molecular weight is 170 g/mol. The predicted molar refractivity (Wildman–Crippen MR) is 46.4 cm³/mol. The van der Waals surface area contributed by atoms with E-state index in [1.54, 1.807) is 6.07 Å². The normalized spacial score (nSPS) is 8.58. The molecule has 0 atom stereocenters. The molecule has 0 radical (unpaired) electrons. The first-order chi connectivity index (χ1) is 5.74. The SMILES string of the molecule is CC.CCc1ccc(C(=O)O)o1. The zero-order valence-corrected chi connectivity index (χ0v) is 7.63. The van der Waals surface area contributed by atoms with Gasteiger partial charge in [0, 0.05) is 6.42 Å². The summed E-state index contributed by atoms with van der Waals surface area (Å²) >= 11 is 0. The van der Waals surface area contributed by atoms with E-state index in [9.17, 15) is 4.79 Å². The summed E-state index contributed by atoms with van der Waals surface area (Å²) in [6.45, 7) is 5.91. The monoisotopic (exact) mass is 170 g/mol. The second-order valence-corrected chi connectivity index (χ2v) is 1.92. The number of aromatic carboxylic acids is 1. The van der Waals surface area contributed by atoms with Crippen LogP contribution in [0.3, 0.4) is 0 Å². The van der Waals surface area contributed by atoms with Crippen molar-refractivity contribution in [2.45, 2.75) is 27.2 Å². The van der Waals surface area contributed by atoms with E-state index in [-0.39, 0.29) is 5.76 Å². The number of hydrogen-bond acceptors (Lipinski definition) is 2. The minimum atomic E-state index is -1.01. The average Bonchev–Trinajstić information content (AvgIpc) is 2.55. The van der Waals surface area contributed by atoms with Crippen LogP contribution in [-0.2, 0) is 6.42 Å². The smallest absolute Gasteiger partial charge is 0.371 e. The lowest BCUT2D eigenvalue weighted by Gasteiger charge is -1.85. The maximum absolute atomic E-state index is 10.2. The van der Waals surface area contributed by atoms with E-state index >= 15 is 0 Å². The fourth-order valence-electron chi connectivity index (χ4n) is 0.683. The Morgan fingerprint density at radius 1 is 1.50 bits per heavy atom. The third-order valence-electron chi connectivity index (χ3n) is 1.22. The molecular formula is C9H14O3. The molecule has 1 N–H and O–H groups in total. The van der Waals surface area contributed by atoms with Crippen LogP contribution in [0.15, 0.2) is 16.5 Å². The molecule has 0 fully saturated rings. The van der Waals surface area contributed by atoms with Gasteiger partial charge in [-0.3, -0.25) is 0 Å². The molecule has 1 aromatic rings. The lowest BCUT2D eigenvalue weighted by atomic mass is 10.4. The van der Waals surface area contributed by atoms with Crippen molar-refractivity contribution in [3.8, 4) is 0 Å². The van der Waals surface area contributed by atoms with Crippen molar-refractivity contribution in [2.75, 3.05) is 0 Å². The number of aryl methyl sites for hydroxylation is 1. The molecule has 1 heterocycles. The minimum Gasteiger partial charge on any atom is -0.475 e. The van der Waals surface area contributed by atoms with Crippen LogP contribution >= 0.6 is 0 Å². The van der Waals surface area contributed by atoms with E-state index in [2.05, 4.69) is 0 Å². The Kier molecular flexibility index (Phi) is 4.84. The third kappa shape index (κ3) is 2.78. The summed E-state index contributed by atoms with van der Waals surface area (Å²) in [4.78, 5) is 10.2. The van der Waals surface area contributed by atoms with Crippen molar-refractivity contribution in [3.63, 3.8) is 0 Å². The summed E-state index contributed by atoms with van der Waals surface area (Å²) in [5.41, 5.74) is 0. The molecule has 0 amide bonds. The van der Waals surface area contributed by atoms with Crippen LogP contribution in [-0.4, -0.2) is 11.1 Å². The molecule has 0 saturated carbocycles. The molecule has 0 saturated heterocycles. The highest BCUT2D eigenvalue weighted by Crippen LogP contribution is 2.07. The fraction of sp³-hybridized carbons (Fsp3) is 0.444. The topological polar surface area (TPSA) is 50.4 Å². The molecule has 0 bridgehead atoms. The van der Waals surface area contributed by atoms with Gasteiger partial charge in [0.05, 0.1) is 0 Å². The molecular weight excluding hydrogens is 156 g/mol. The van der Waals surface area contributed by atoms with Gasteiger partial charge in [-0.15, -0.1) is 0 Å². The lowest BCUT2D eigenvalue weighted by molar-refractivity contribution is 0.0660. The van der Waals surface area contributed by atoms with Gasteiger partial charge in [-0.25, -0.2) is 4.79 Å². The van der Waals surface area contributed by atoms with Crippen LogP contribution in [0, 0.1) is 0 Å². The Morgan fingerprint density at radius 3 is 2.33 bits per heavy atom. The molecule has 3 nitrogen and oxygen atoms in total. The Bertz CT molecular complexity index is 238. The van der Waals surface area contributed by atoms with Crippen LogP contribution in [0.4, 0.5) is 0 Å². The summed E-state index contributed by atoms with van der Waals surface area (Å²) in [5.74, 6) is -0.297. The van der Waals surface area contributed by atoms with Crippen molar-refractivity contribution < 1.29 is 14.3 Å². The van der Waals surface area contributed by atoms with E-state index in [1.807, 2.05) is 20.8 Å². The Labute approximate surface area is 72.0 Å². The number of carboxylic acid groups (broad SMARTS) is 1. The Morgan fingerprint density at radius 2 is 2.08 bits per heavy atom. The molecule has 0 spiro atoms. The van der Waals surface area contributed by atoms with Crippen LogP contribution < -0.4 is 0 Å². The number of rotatable bonds is 2. The van der Waals surface area contributed by atoms with Crippen molar-refractivity contribution in [1.82, 2.24) is 0 Å². The number of furan rings is 1. The first kappa shape index (κ1) is 10.8. The van der Waals surface area contributed by atoms with Gasteiger partial charge in [-0.05, 0) is 12.1 Å². The van der Waals surface area contributed by atoms with Gasteiger partial charge in [-0.2, -0.15) is 0 Å². The van der Waals surface area contributed by atoms with Crippen molar-refractivity contribution in [3.05, 3.63) is 23.7 Å². The predicted octanol–water partition coefficient (Wildman–Crippen LogP) is 2.57. The fourth-order valence-corrected chi connectivity index (χ4v) is 0.683. The van der Waals surface area contributed by atoms with Crippen molar-refractivity contribution in [1.29, 1.82) is 0 Å². The van der Waals surface area contributed by atoms with Crippen LogP contribution in [0.1, 0.15) is 37.1 Å². The standard InChI is InChI=1S/C7H8O3.C2H6/c1-2-5-3-4-6(10-5)7(8)9;1-2/h3-4H,2H2,1H3,(H,8,9);1-2H3. The maximum Gasteiger partial charge on any atom is 0.371 e. The molecule has 3 heteroatoms. The van der Waals surface area contributed by atoms with Crippen molar-refractivity contribution in [2.24, 2.45) is 0 Å². The van der Waals surface area contributed by atoms with Crippen LogP contribution in [0.25, 0.3) is 0 Å². The maximum atomic E-state index is 10.2. The largest absolute Gasteiger partial charge is 0.475 e. The van der Waals surface area contributed by atoms with Gasteiger partial charge in [0.2, 0.25) is 5.76 Å². The van der Waals surface area contributed by atoms with Gasteiger partial charge >= 0.3 is 5.97 Å². The summed E-state index contributed by atoms with van der Waals surface area (Å²) in [6, 6.07) is 3.13. The summed E-state index contributed by atoms with van der Waals surface area (Å²) in [5, 5.41) is 8.40. The van der Waals surface area contributed by atoms with E-state index in [1.165, 1.54) is 6.07 Å². The molecule has 1 aromatic heterocycles. The summed E-state index contributed by atoms with van der Waals surface area (Å²) < 4.78 is 4.89. The first-order valence-corrected chi connectivity index (χ1v) is 4.06. The Balaban J connectivity index is 0.000000561. The molecule has 12 heavy (non-hydrogen) atoms. The number of hydrogen-bond donors (Lipinski definition) is 1. The van der Waals surface area contributed by atoms with E-state index in [0.717, 1.165) is 6.42 Å². The zero-order chi connectivity index (χ0) is 9.56. The number of carbonyl (C=O) groups is 1. The second kappa shape index (κ2) is 5.41. The van der Waals surface area contributed by atoms with Gasteiger partial charge < -0.3 is 9.52 Å². The van der Waals surface area contributed by atoms with Gasteiger partial charge in [0.15, 0.2) is 0 Å². The number of carboxylic acids is 1. The van der Waals surface area contributed by atoms with E-state index < -0.39 is 5.97 Å². The highest BCUT2D eigenvalue weighted by molar-refractivity contribution is 5.84. The second-order valence-electron chi connectivity index (χ2n) is 1.92. The highest BCUT2D eigenvalue weighted by atomic mass is 16.4. The highest BCUT2D eigenvalue weighted by Gasteiger charge is 2.06. The molecule has 68 valence electrons. The molecule has 0 aliphatic heterocycles. The van der Waals surface area contributed by atoms with Crippen molar-refractivity contribution >= 4 is 5.97 Å². The van der Waals surface area contributed by atoms with Crippen LogP contribution in [0.2, 0.25) is 0 Å². The Hall–Kier alpha value is -1.25. The third-order valence-corrected chi connectivity index (χ3v) is 1.22. The summed E-state index contributed by atoms with van der Waals surface area (Å²) in [6.07, 6.45) is 0.729. The minimum absolute atomic E-state index is 0.0110. The van der Waals surface area contributed by atoms with E-state index in [4.69, 9.17) is 9.52 Å². The summed E-state index contributed by atoms with van der Waals surface area (Å²) in [7, 11) is 0. The zero-order valence-electron chi connectivity index (χ0n) is 7.63. The van der Waals surface area contributed by atoms with Crippen LogP contribution in [0.5, 0.6) is 0 Å². The first-order valence-electron chi connectivity index (χ1n) is 4.06. The molecule has 0 aliphatic rings. The molecule has 0 aromatic carbocycles. The van der Waals surface area contributed by atoms with Gasteiger partial charge in [-0.1, -0.05) is 20.8 Å². The molecule has 0 unspecified atom stereocenters. The van der Waals surface area contributed by atoms with Gasteiger partial charge in [0.1, 0.15) is 5.76 Å². The van der Waals surface area contributed by atoms with E-state index in [0.29, 0.717) is 5.76 Å². The lowest BCUT2D eigenvalue weighted by Crippen LogP contribution is -1.91. The molecule has 0 aliphatic carbocycles.